The second-order valence-corrected chi connectivity index (χ2v) is 19.0. The van der Waals surface area contributed by atoms with Crippen LogP contribution in [0.15, 0.2) is 85.9 Å². The lowest BCUT2D eigenvalue weighted by molar-refractivity contribution is -0.0511. The average Bonchev–Trinajstić information content (AvgIpc) is 3.27. The van der Waals surface area contributed by atoms with Crippen molar-refractivity contribution in [2.24, 2.45) is 20.0 Å². The molecule has 0 radical (unpaired) electrons. The summed E-state index contributed by atoms with van der Waals surface area (Å²) < 4.78 is 50.2. The summed E-state index contributed by atoms with van der Waals surface area (Å²) in [6, 6.07) is 17.0. The van der Waals surface area contributed by atoms with Gasteiger partial charge in [0.2, 0.25) is 0 Å². The number of carbonyl (C=O) groups excluding carboxylic acids is 2. The molecule has 2 heterocycles. The summed E-state index contributed by atoms with van der Waals surface area (Å²) in [5.74, 6) is 1.77. The Morgan fingerprint density at radius 3 is 1.51 bits per heavy atom. The molecule has 23 heteroatoms. The summed E-state index contributed by atoms with van der Waals surface area (Å²) in [5, 5.41) is 5.46. The van der Waals surface area contributed by atoms with Gasteiger partial charge in [0.15, 0.2) is 5.56 Å². The van der Waals surface area contributed by atoms with E-state index in [1.807, 2.05) is 86.7 Å². The number of carbonyl (C=O) groups is 2. The van der Waals surface area contributed by atoms with E-state index in [1.54, 1.807) is 56.3 Å². The van der Waals surface area contributed by atoms with Gasteiger partial charge in [0.25, 0.3) is 17.0 Å². The normalized spacial score (nSPS) is 11.2. The standard InChI is InChI=1S/C20H26FIN4O5.C20H17FIN3O4.C6H15NO2/c1-6-26-16(23-14-8-7-12(22)11-13(14)21)15(18(28)25(5)19(26)29)17(27)24-31-10-9-30-20(2,3)4;1-3-25-17(23-15-10-9-12(22)11-14(15)21)16(18(26)24(2)20(25)28)19(27)29-13-7-5-4-6-8-13;1-6(2,3)8-4-5-9-7/h7-8,11,23H,6,9-10H2,1-5H3,(H,24,27);4-11,23H,3H2,1-2H3;4-5,7H2,1-3H3. The van der Waals surface area contributed by atoms with Gasteiger partial charge in [0, 0.05) is 34.3 Å². The molecule has 1 amide bonds. The molecule has 0 bridgehead atoms. The van der Waals surface area contributed by atoms with Gasteiger partial charge in [-0.05, 0) is 149 Å². The van der Waals surface area contributed by atoms with Crippen molar-refractivity contribution < 1.29 is 42.3 Å². The minimum Gasteiger partial charge on any atom is -0.423 e. The van der Waals surface area contributed by atoms with E-state index in [4.69, 9.17) is 24.9 Å². The van der Waals surface area contributed by atoms with Crippen LogP contribution >= 0.6 is 45.2 Å². The third-order valence-corrected chi connectivity index (χ3v) is 10.4. The van der Waals surface area contributed by atoms with Crippen LogP contribution in [0.3, 0.4) is 0 Å². The van der Waals surface area contributed by atoms with Gasteiger partial charge in [-0.15, -0.1) is 0 Å². The summed E-state index contributed by atoms with van der Waals surface area (Å²) in [5.41, 5.74) is -1.94. The molecular weight excluding hydrogens is 1130 g/mol. The summed E-state index contributed by atoms with van der Waals surface area (Å²) in [6.45, 7) is 16.5. The number of para-hydroxylation sites is 1. The highest BCUT2D eigenvalue weighted by molar-refractivity contribution is 14.1. The lowest BCUT2D eigenvalue weighted by atomic mass is 10.2. The van der Waals surface area contributed by atoms with Crippen LogP contribution in [0.4, 0.5) is 31.8 Å². The van der Waals surface area contributed by atoms with Crippen LogP contribution < -0.4 is 49.2 Å². The fourth-order valence-electron chi connectivity index (χ4n) is 5.81. The van der Waals surface area contributed by atoms with Gasteiger partial charge in [0.05, 0.1) is 49.0 Å². The molecule has 0 aliphatic heterocycles. The van der Waals surface area contributed by atoms with Gasteiger partial charge < -0.3 is 29.7 Å². The van der Waals surface area contributed by atoms with Gasteiger partial charge in [-0.3, -0.25) is 37.5 Å². The Bertz CT molecular complexity index is 2800. The van der Waals surface area contributed by atoms with Crippen LogP contribution in [0, 0.1) is 18.8 Å². The molecule has 19 nitrogen and oxygen atoms in total. The van der Waals surface area contributed by atoms with Gasteiger partial charge in [-0.1, -0.05) is 18.2 Å². The van der Waals surface area contributed by atoms with Crippen LogP contribution in [0.1, 0.15) is 76.1 Å². The monoisotopic (exact) mass is 1190 g/mol. The Morgan fingerprint density at radius 2 is 1.09 bits per heavy atom. The maximum absolute atomic E-state index is 14.4. The topological polar surface area (TPSA) is 230 Å². The number of esters is 1. The molecular formula is C46H58F2I2N8O11. The van der Waals surface area contributed by atoms with Crippen molar-refractivity contribution in [3.63, 3.8) is 0 Å². The molecule has 0 unspecified atom stereocenters. The minimum absolute atomic E-state index is 0.0174. The molecule has 0 saturated carbocycles. The van der Waals surface area contributed by atoms with E-state index in [2.05, 4.69) is 21.0 Å². The first-order valence-corrected chi connectivity index (χ1v) is 23.4. The predicted octanol–water partition coefficient (Wildman–Crippen LogP) is 6.50. The van der Waals surface area contributed by atoms with Gasteiger partial charge >= 0.3 is 17.3 Å². The number of nitrogens with two attached hydrogens (primary N) is 1. The zero-order valence-corrected chi connectivity index (χ0v) is 44.3. The summed E-state index contributed by atoms with van der Waals surface area (Å²) in [6.07, 6.45) is 0. The summed E-state index contributed by atoms with van der Waals surface area (Å²) in [4.78, 5) is 85.6. The van der Waals surface area contributed by atoms with Crippen LogP contribution in [0.2, 0.25) is 0 Å². The highest BCUT2D eigenvalue weighted by Gasteiger charge is 2.27. The second-order valence-electron chi connectivity index (χ2n) is 16.5. The van der Waals surface area contributed by atoms with Crippen LogP contribution in [-0.2, 0) is 46.3 Å². The molecule has 0 aliphatic carbocycles. The molecule has 0 saturated heterocycles. The van der Waals surface area contributed by atoms with Crippen molar-refractivity contribution in [1.29, 1.82) is 0 Å². The van der Waals surface area contributed by atoms with E-state index >= 15 is 0 Å². The Morgan fingerprint density at radius 1 is 0.652 bits per heavy atom. The summed E-state index contributed by atoms with van der Waals surface area (Å²) >= 11 is 3.92. The summed E-state index contributed by atoms with van der Waals surface area (Å²) in [7, 11) is 2.53. The Labute approximate surface area is 424 Å². The lowest BCUT2D eigenvalue weighted by Crippen LogP contribution is -2.44. The van der Waals surface area contributed by atoms with E-state index in [1.165, 1.54) is 47.5 Å². The van der Waals surface area contributed by atoms with Crippen molar-refractivity contribution in [1.82, 2.24) is 23.7 Å². The van der Waals surface area contributed by atoms with Gasteiger partial charge in [-0.25, -0.2) is 34.5 Å². The number of benzene rings is 3. The quantitative estimate of drug-likeness (QED) is 0.0272. The molecule has 3 aromatic carbocycles. The number of nitrogens with one attached hydrogen (secondary N) is 3. The number of rotatable bonds is 16. The van der Waals surface area contributed by atoms with E-state index in [9.17, 15) is 37.5 Å². The fourth-order valence-corrected chi connectivity index (χ4v) is 6.71. The minimum atomic E-state index is -0.951. The third kappa shape index (κ3) is 17.2. The van der Waals surface area contributed by atoms with Gasteiger partial charge in [0.1, 0.15) is 34.6 Å². The zero-order valence-electron chi connectivity index (χ0n) is 40.0. The maximum atomic E-state index is 14.4. The van der Waals surface area contributed by atoms with Crippen molar-refractivity contribution in [3.8, 4) is 5.75 Å². The molecule has 0 fully saturated rings. The van der Waals surface area contributed by atoms with Gasteiger partial charge in [-0.2, -0.15) is 0 Å². The number of amides is 1. The number of nitrogens with zero attached hydrogens (tertiary/aromatic N) is 4. The van der Waals surface area contributed by atoms with Crippen molar-refractivity contribution in [2.75, 3.05) is 37.1 Å². The van der Waals surface area contributed by atoms with Crippen molar-refractivity contribution in [3.05, 3.63) is 138 Å². The molecule has 5 N–H and O–H groups in total. The van der Waals surface area contributed by atoms with E-state index in [0.717, 1.165) is 9.13 Å². The van der Waals surface area contributed by atoms with E-state index in [0.29, 0.717) is 20.4 Å². The van der Waals surface area contributed by atoms with Crippen LogP contribution in [-0.4, -0.2) is 67.8 Å². The van der Waals surface area contributed by atoms with Crippen LogP contribution in [0.25, 0.3) is 0 Å². The fraction of sp³-hybridized carbons (Fsp3) is 0.391. The molecule has 2 aromatic heterocycles. The number of hydroxylamine groups is 1. The number of anilines is 4. The smallest absolute Gasteiger partial charge is 0.352 e. The second kappa shape index (κ2) is 26.6. The first-order chi connectivity index (χ1) is 32.3. The van der Waals surface area contributed by atoms with E-state index in [-0.39, 0.29) is 71.8 Å². The predicted molar refractivity (Wildman–Crippen MR) is 274 cm³/mol. The molecule has 5 aromatic rings. The molecule has 5 rings (SSSR count). The molecule has 376 valence electrons. The number of ether oxygens (including phenoxy) is 3. The van der Waals surface area contributed by atoms with E-state index < -0.39 is 51.6 Å². The Balaban J connectivity index is 0.000000311. The Kier molecular flexibility index (Phi) is 22.4. The largest absolute Gasteiger partial charge is 0.423 e. The zero-order chi connectivity index (χ0) is 51.8. The first-order valence-electron chi connectivity index (χ1n) is 21.3. The molecule has 0 aliphatic rings. The number of hydrogen-bond donors (Lipinski definition) is 4. The highest BCUT2D eigenvalue weighted by atomic mass is 127. The number of halogens is 4. The Hall–Kier alpha value is -5.32. The average molecular weight is 1190 g/mol. The van der Waals surface area contributed by atoms with Crippen molar-refractivity contribution in [2.45, 2.75) is 79.7 Å². The first kappa shape index (κ1) is 58.0. The number of hydrogen-bond acceptors (Lipinski definition) is 14. The molecule has 0 atom stereocenters. The maximum Gasteiger partial charge on any atom is 0.352 e. The lowest BCUT2D eigenvalue weighted by Gasteiger charge is -2.20. The molecule has 69 heavy (non-hydrogen) atoms. The number of aromatic nitrogens is 4. The third-order valence-electron chi connectivity index (χ3n) is 9.09. The highest BCUT2D eigenvalue weighted by Crippen LogP contribution is 2.25. The SMILES string of the molecule is CC(C)(C)OCCON.CCn1c(Nc2ccc(I)cc2F)c(C(=O)NOCCOC(C)(C)C)c(=O)n(C)c1=O.CCn1c(Nc2ccc(I)cc2F)c(C(=O)Oc2ccccc2)c(=O)n(C)c1=O. The van der Waals surface area contributed by atoms with Crippen molar-refractivity contribution >= 4 is 80.1 Å². The van der Waals surface area contributed by atoms with Crippen LogP contribution in [0.5, 0.6) is 5.75 Å². The molecule has 0 spiro atoms.